The molecule has 0 aliphatic carbocycles. The Morgan fingerprint density at radius 2 is 1.71 bits per heavy atom. The molecular weight excluding hydrogens is 169 g/mol. The molecule has 36 valence electrons. The minimum atomic E-state index is -1.38. The molecule has 0 fully saturated rings. The first-order chi connectivity index (χ1) is 2.64. The predicted octanol–water partition coefficient (Wildman–Crippen LogP) is -3.22. The predicted molar refractivity (Wildman–Crippen MR) is 19.4 cm³/mol. The summed E-state index contributed by atoms with van der Waals surface area (Å²) in [6, 6.07) is 0. The number of carbonyl (C=O) groups is 2. The number of carboxylic acids is 1. The van der Waals surface area contributed by atoms with Gasteiger partial charge in [-0.25, -0.2) is 4.79 Å². The molecule has 0 unspecified atom stereocenters. The zero-order chi connectivity index (χ0) is 5.15. The average Bonchev–Trinajstić information content (AvgIpc) is 1.36. The first-order valence-corrected chi connectivity index (χ1v) is 1.38. The van der Waals surface area contributed by atoms with E-state index in [0.29, 0.717) is 0 Å². The average molecular weight is 175 g/mol. The number of ketones is 1. The van der Waals surface area contributed by atoms with Gasteiger partial charge < -0.3 is 6.53 Å². The minimum Gasteiger partial charge on any atom is -1.00 e. The van der Waals surface area contributed by atoms with E-state index in [1.807, 2.05) is 0 Å². The third-order valence-corrected chi connectivity index (χ3v) is 0.301. The first kappa shape index (κ1) is 10.8. The maximum Gasteiger partial charge on any atom is 1.00 e. The Kier molecular flexibility index (Phi) is 7.88. The molecule has 3 nitrogen and oxygen atoms in total. The third-order valence-electron chi connectivity index (χ3n) is 0.301. The molecule has 4 heteroatoms. The maximum absolute atomic E-state index is 9.54. The molecule has 0 radical (unpaired) electrons. The van der Waals surface area contributed by atoms with Gasteiger partial charge in [-0.1, -0.05) is 0 Å². The van der Waals surface area contributed by atoms with Crippen molar-refractivity contribution in [3.8, 4) is 0 Å². The van der Waals surface area contributed by atoms with Crippen LogP contribution in [0.3, 0.4) is 0 Å². The van der Waals surface area contributed by atoms with E-state index >= 15 is 0 Å². The van der Waals surface area contributed by atoms with Crippen molar-refractivity contribution < 1.29 is 74.3 Å². The van der Waals surface area contributed by atoms with Crippen LogP contribution in [0, 0.1) is 0 Å². The number of hydrogen-bond acceptors (Lipinski definition) is 2. The van der Waals surface area contributed by atoms with Crippen LogP contribution in [0.2, 0.25) is 0 Å². The Labute approximate surface area is 91.4 Å². The van der Waals surface area contributed by atoms with Crippen molar-refractivity contribution in [1.82, 2.24) is 0 Å². The molecule has 1 N–H and O–H groups in total. The summed E-state index contributed by atoms with van der Waals surface area (Å²) in [6.07, 6.45) is 0. The van der Waals surface area contributed by atoms with Crippen LogP contribution in [0.15, 0.2) is 0 Å². The Morgan fingerprint density at radius 3 is 1.71 bits per heavy atom. The number of rotatable bonds is 1. The van der Waals surface area contributed by atoms with Gasteiger partial charge in [-0.05, 0) is 0 Å². The molecule has 0 atom stereocenters. The first-order valence-electron chi connectivity index (χ1n) is 1.38. The number of hydrogen-bond donors (Lipinski definition) is 1. The van der Waals surface area contributed by atoms with Gasteiger partial charge in [0.05, 0.1) is 0 Å². The summed E-state index contributed by atoms with van der Waals surface area (Å²) >= 11 is 0. The van der Waals surface area contributed by atoms with Gasteiger partial charge in [0, 0.05) is 6.92 Å². The molecule has 0 aromatic rings. The van der Waals surface area contributed by atoms with E-state index < -0.39 is 11.8 Å². The fraction of sp³-hybridized carbons (Fsp3) is 0.333. The van der Waals surface area contributed by atoms with Crippen molar-refractivity contribution in [1.29, 1.82) is 0 Å². The summed E-state index contributed by atoms with van der Waals surface area (Å²) in [7, 11) is 0. The molecule has 0 saturated carbocycles. The normalized spacial score (nSPS) is 6.43. The molecule has 0 bridgehead atoms. The summed E-state index contributed by atoms with van der Waals surface area (Å²) in [5.74, 6) is -2.20. The zero-order valence-corrected chi connectivity index (χ0v) is 9.18. The van der Waals surface area contributed by atoms with Crippen molar-refractivity contribution in [2.75, 3.05) is 0 Å². The van der Waals surface area contributed by atoms with Gasteiger partial charge in [0.25, 0.3) is 0 Å². The summed E-state index contributed by atoms with van der Waals surface area (Å²) in [5.41, 5.74) is 0. The Morgan fingerprint density at radius 1 is 1.57 bits per heavy atom. The van der Waals surface area contributed by atoms with E-state index in [0.717, 1.165) is 6.92 Å². The van der Waals surface area contributed by atoms with E-state index in [-0.39, 0.29) is 59.6 Å². The Bertz CT molecular complexity index is 80.5. The smallest absolute Gasteiger partial charge is 1.00 e. The zero-order valence-electron chi connectivity index (χ0n) is 5.26. The van der Waals surface area contributed by atoms with Gasteiger partial charge in [0.2, 0.25) is 5.78 Å². The molecule has 0 amide bonds. The Hall–Kier alpha value is 0.945. The summed E-state index contributed by atoms with van der Waals surface area (Å²) < 4.78 is 0. The van der Waals surface area contributed by atoms with Gasteiger partial charge in [-0.15, -0.1) is 0 Å². The topological polar surface area (TPSA) is 54.4 Å². The van der Waals surface area contributed by atoms with E-state index in [4.69, 9.17) is 5.11 Å². The van der Waals surface area contributed by atoms with Crippen LogP contribution in [-0.2, 0) is 9.59 Å². The van der Waals surface area contributed by atoms with Gasteiger partial charge in [0.15, 0.2) is 0 Å². The van der Waals surface area contributed by atoms with Crippen molar-refractivity contribution >= 4 is 11.8 Å². The summed E-state index contributed by atoms with van der Waals surface area (Å²) in [5, 5.41) is 7.64. The standard InChI is InChI=1S/C3H4O3.Rb.H/c1-2(4)3(5)6;;/h1H3,(H,5,6);;/q;+1;-1. The third kappa shape index (κ3) is 6.95. The van der Waals surface area contributed by atoms with Crippen LogP contribution in [0.25, 0.3) is 0 Å². The Balaban J connectivity index is -0.000000125. The second-order valence-electron chi connectivity index (χ2n) is 0.861. The van der Waals surface area contributed by atoms with E-state index in [1.165, 1.54) is 0 Å². The van der Waals surface area contributed by atoms with Crippen molar-refractivity contribution in [3.05, 3.63) is 0 Å². The molecule has 0 aliphatic rings. The van der Waals surface area contributed by atoms with Crippen LogP contribution in [0.1, 0.15) is 8.35 Å². The van der Waals surface area contributed by atoms with Crippen molar-refractivity contribution in [3.63, 3.8) is 0 Å². The molecule has 0 rings (SSSR count). The van der Waals surface area contributed by atoms with E-state index in [9.17, 15) is 9.59 Å². The molecule has 0 aromatic carbocycles. The van der Waals surface area contributed by atoms with Crippen LogP contribution in [0.4, 0.5) is 0 Å². The fourth-order valence-corrected chi connectivity index (χ4v) is 0. The molecule has 0 saturated heterocycles. The molecule has 0 heterocycles. The summed E-state index contributed by atoms with van der Waals surface area (Å²) in [6.45, 7) is 1.00. The van der Waals surface area contributed by atoms with E-state index in [1.54, 1.807) is 0 Å². The largest absolute Gasteiger partial charge is 1.00 e. The number of Topliss-reactive ketones (excluding diaryl/α,β-unsaturated/α-hetero) is 1. The van der Waals surface area contributed by atoms with Gasteiger partial charge in [0.1, 0.15) is 0 Å². The minimum absolute atomic E-state index is 0. The number of carbonyl (C=O) groups excluding carboxylic acids is 1. The molecule has 0 spiro atoms. The van der Waals surface area contributed by atoms with Crippen LogP contribution in [0.5, 0.6) is 0 Å². The van der Waals surface area contributed by atoms with Crippen molar-refractivity contribution in [2.45, 2.75) is 6.92 Å². The molecule has 7 heavy (non-hydrogen) atoms. The molecule has 0 aromatic heterocycles. The van der Waals surface area contributed by atoms with Crippen LogP contribution < -0.4 is 58.2 Å². The molecular formula is C3H5O3Rb. The second kappa shape index (κ2) is 5.09. The molecule has 0 aliphatic heterocycles. The van der Waals surface area contributed by atoms with Crippen LogP contribution >= 0.6 is 0 Å². The monoisotopic (exact) mass is 174 g/mol. The second-order valence-corrected chi connectivity index (χ2v) is 0.861. The van der Waals surface area contributed by atoms with Crippen LogP contribution in [-0.4, -0.2) is 16.9 Å². The summed E-state index contributed by atoms with van der Waals surface area (Å²) in [4.78, 5) is 18.9. The van der Waals surface area contributed by atoms with Gasteiger partial charge in [-0.2, -0.15) is 0 Å². The van der Waals surface area contributed by atoms with E-state index in [2.05, 4.69) is 0 Å². The number of carboxylic acid groups (broad SMARTS) is 1. The van der Waals surface area contributed by atoms with Crippen molar-refractivity contribution in [2.24, 2.45) is 0 Å². The number of aliphatic carboxylic acids is 1. The SMILES string of the molecule is CC(=O)C(=O)O.[H-].[Rb+]. The van der Waals surface area contributed by atoms with Gasteiger partial charge in [-0.3, -0.25) is 4.79 Å². The van der Waals surface area contributed by atoms with Gasteiger partial charge >= 0.3 is 64.2 Å². The fourth-order valence-electron chi connectivity index (χ4n) is 0. The quantitative estimate of drug-likeness (QED) is 0.426. The maximum atomic E-state index is 9.54.